The van der Waals surface area contributed by atoms with Crippen molar-refractivity contribution in [1.82, 2.24) is 15.5 Å². The maximum Gasteiger partial charge on any atom is 0.222 e. The largest absolute Gasteiger partial charge is 0.394 e. The van der Waals surface area contributed by atoms with Gasteiger partial charge < -0.3 is 104 Å². The summed E-state index contributed by atoms with van der Waals surface area (Å²) in [6.07, 6.45) is -17.6. The minimum atomic E-state index is -1.52. The Bertz CT molecular complexity index is 1470. The van der Waals surface area contributed by atoms with Crippen molar-refractivity contribution in [3.63, 3.8) is 0 Å². The number of carbonyl (C=O) groups excluding carboxylic acids is 1. The zero-order chi connectivity index (χ0) is 49.1. The Morgan fingerprint density at radius 2 is 0.926 bits per heavy atom. The van der Waals surface area contributed by atoms with Crippen LogP contribution in [0.4, 0.5) is 0 Å². The van der Waals surface area contributed by atoms with E-state index >= 15 is 0 Å². The van der Waals surface area contributed by atoms with Crippen LogP contribution in [0.5, 0.6) is 0 Å². The fourth-order valence-electron chi connectivity index (χ4n) is 9.29. The number of amides is 1. The molecule has 20 atom stereocenters. The number of aliphatic hydroxyl groups is 10. The number of allylic oxidation sites excluding steroid dienone is 2. The Labute approximate surface area is 405 Å². The molecule has 12 N–H and O–H groups in total. The lowest BCUT2D eigenvalue weighted by Gasteiger charge is -2.47. The normalized spacial score (nSPS) is 41.4. The van der Waals surface area contributed by atoms with Gasteiger partial charge in [-0.1, -0.05) is 26.0 Å². The lowest BCUT2D eigenvalue weighted by atomic mass is 9.85. The van der Waals surface area contributed by atoms with Gasteiger partial charge in [0.2, 0.25) is 5.91 Å². The van der Waals surface area contributed by atoms with Crippen molar-refractivity contribution in [3.05, 3.63) is 24.6 Å². The molecular weight excluding hydrogens is 939 g/mol. The molecule has 0 aromatic rings. The van der Waals surface area contributed by atoms with E-state index in [2.05, 4.69) is 23.8 Å². The molecular formula is C44H75N3O19S2. The summed E-state index contributed by atoms with van der Waals surface area (Å²) in [4.78, 5) is 14.1. The summed E-state index contributed by atoms with van der Waals surface area (Å²) in [6, 6.07) is 0. The van der Waals surface area contributed by atoms with Gasteiger partial charge in [-0.05, 0) is 50.0 Å². The van der Waals surface area contributed by atoms with Crippen molar-refractivity contribution < 1.29 is 93.8 Å². The molecule has 22 nitrogen and oxygen atoms in total. The van der Waals surface area contributed by atoms with E-state index in [1.165, 1.54) is 6.92 Å². The lowest BCUT2D eigenvalue weighted by molar-refractivity contribution is -0.354. The van der Waals surface area contributed by atoms with Crippen LogP contribution in [0.1, 0.15) is 58.3 Å². The average Bonchev–Trinajstić information content (AvgIpc) is 3.31. The smallest absolute Gasteiger partial charge is 0.222 e. The number of thioether (sulfide) groups is 2. The van der Waals surface area contributed by atoms with Gasteiger partial charge in [-0.2, -0.15) is 23.5 Å². The molecule has 0 radical (unpaired) electrons. The first kappa shape index (κ1) is 55.8. The van der Waals surface area contributed by atoms with Crippen LogP contribution in [0.2, 0.25) is 0 Å². The van der Waals surface area contributed by atoms with Gasteiger partial charge in [0, 0.05) is 54.9 Å². The molecule has 0 aromatic heterocycles. The lowest BCUT2D eigenvalue weighted by Crippen LogP contribution is -2.63. The average molecular weight is 1010 g/mol. The summed E-state index contributed by atoms with van der Waals surface area (Å²) in [7, 11) is 0. The number of ether oxygens (including phenoxy) is 8. The molecule has 12 heterocycles. The van der Waals surface area contributed by atoms with E-state index < -0.39 is 136 Å². The van der Waals surface area contributed by atoms with E-state index in [-0.39, 0.29) is 32.5 Å². The van der Waals surface area contributed by atoms with Crippen LogP contribution in [-0.2, 0) is 42.7 Å². The van der Waals surface area contributed by atoms with Crippen LogP contribution in [0.25, 0.3) is 0 Å². The molecule has 12 aliphatic heterocycles. The second-order valence-corrected chi connectivity index (χ2v) is 20.6. The quantitative estimate of drug-likeness (QED) is 0.0494. The SMILES string of the molecule is C=C(CCSCC1OC2OC3C(CO)OC(OCCCCC1C(O)C2O)C(O)C3O)NCN(CNC(=C)CCSCC1OC2OC3C(CO)OC(OCCCCC1C(O)C2O)C(O)C3O)C(C)=O. The third-order valence-electron chi connectivity index (χ3n) is 13.5. The number of hydrogen-bond acceptors (Lipinski definition) is 23. The summed E-state index contributed by atoms with van der Waals surface area (Å²) in [5, 5.41) is 114. The van der Waals surface area contributed by atoms with Gasteiger partial charge in [0.15, 0.2) is 25.2 Å². The molecule has 392 valence electrons. The summed E-state index contributed by atoms with van der Waals surface area (Å²) < 4.78 is 47.0. The van der Waals surface area contributed by atoms with Crippen LogP contribution < -0.4 is 10.6 Å². The van der Waals surface area contributed by atoms with Crippen molar-refractivity contribution in [2.24, 2.45) is 11.8 Å². The third-order valence-corrected chi connectivity index (χ3v) is 15.6. The maximum atomic E-state index is 12.6. The zero-order valence-corrected chi connectivity index (χ0v) is 40.2. The highest BCUT2D eigenvalue weighted by Gasteiger charge is 2.53. The van der Waals surface area contributed by atoms with Crippen LogP contribution in [0.3, 0.4) is 0 Å². The molecule has 12 rings (SSSR count). The van der Waals surface area contributed by atoms with Crippen molar-refractivity contribution in [2.75, 3.05) is 62.8 Å². The number of rotatable bonds is 18. The molecule has 0 aromatic carbocycles. The van der Waals surface area contributed by atoms with E-state index in [4.69, 9.17) is 37.9 Å². The molecule has 1 amide bonds. The van der Waals surface area contributed by atoms with Crippen LogP contribution in [0.15, 0.2) is 24.6 Å². The zero-order valence-electron chi connectivity index (χ0n) is 38.6. The van der Waals surface area contributed by atoms with Crippen molar-refractivity contribution in [2.45, 2.75) is 169 Å². The number of hydrogen-bond donors (Lipinski definition) is 12. The van der Waals surface area contributed by atoms with Gasteiger partial charge in [0.1, 0.15) is 61.0 Å². The van der Waals surface area contributed by atoms with Gasteiger partial charge in [-0.3, -0.25) is 4.79 Å². The van der Waals surface area contributed by atoms with Crippen LogP contribution >= 0.6 is 23.5 Å². The Morgan fingerprint density at radius 3 is 1.31 bits per heavy atom. The first-order chi connectivity index (χ1) is 32.6. The Hall–Kier alpha value is -1.47. The molecule has 12 saturated heterocycles. The van der Waals surface area contributed by atoms with Crippen LogP contribution in [0, 0.1) is 11.8 Å². The van der Waals surface area contributed by atoms with E-state index in [1.807, 2.05) is 0 Å². The molecule has 24 heteroatoms. The van der Waals surface area contributed by atoms with Gasteiger partial charge in [0.25, 0.3) is 0 Å². The Balaban J connectivity index is 0.918. The van der Waals surface area contributed by atoms with Crippen molar-refractivity contribution in [3.8, 4) is 0 Å². The predicted molar refractivity (Wildman–Crippen MR) is 244 cm³/mol. The molecule has 0 saturated carbocycles. The van der Waals surface area contributed by atoms with Gasteiger partial charge in [0.05, 0.1) is 51.0 Å². The molecule has 12 aliphatic rings. The highest BCUT2D eigenvalue weighted by atomic mass is 32.2. The molecule has 0 spiro atoms. The summed E-state index contributed by atoms with van der Waals surface area (Å²) in [5.41, 5.74) is 1.38. The van der Waals surface area contributed by atoms with E-state index in [0.29, 0.717) is 85.8 Å². The van der Waals surface area contributed by atoms with Crippen molar-refractivity contribution in [1.29, 1.82) is 0 Å². The number of nitrogens with one attached hydrogen (secondary N) is 2. The third kappa shape index (κ3) is 14.4. The predicted octanol–water partition coefficient (Wildman–Crippen LogP) is -2.62. The van der Waals surface area contributed by atoms with Gasteiger partial charge in [-0.15, -0.1) is 0 Å². The highest BCUT2D eigenvalue weighted by Crippen LogP contribution is 2.38. The van der Waals surface area contributed by atoms with Gasteiger partial charge >= 0.3 is 0 Å². The topological polar surface area (TPSA) is 321 Å². The first-order valence-electron chi connectivity index (χ1n) is 23.7. The minimum absolute atomic E-state index is 0.181. The summed E-state index contributed by atoms with van der Waals surface area (Å²) in [6.45, 7) is 9.37. The monoisotopic (exact) mass is 1010 g/mol. The van der Waals surface area contributed by atoms with E-state index in [1.54, 1.807) is 28.4 Å². The van der Waals surface area contributed by atoms with Crippen molar-refractivity contribution >= 4 is 29.4 Å². The summed E-state index contributed by atoms with van der Waals surface area (Å²) in [5.74, 6) is 1.07. The maximum absolute atomic E-state index is 12.6. The van der Waals surface area contributed by atoms with Gasteiger partial charge in [-0.25, -0.2) is 0 Å². The summed E-state index contributed by atoms with van der Waals surface area (Å²) >= 11 is 3.10. The first-order valence-corrected chi connectivity index (χ1v) is 26.0. The Kier molecular flexibility index (Phi) is 22.2. The molecule has 8 bridgehead atoms. The van der Waals surface area contributed by atoms with Crippen LogP contribution in [-0.4, -0.2) is 235 Å². The molecule has 20 unspecified atom stereocenters. The highest BCUT2D eigenvalue weighted by molar-refractivity contribution is 7.99. The number of aliphatic hydroxyl groups excluding tert-OH is 10. The Morgan fingerprint density at radius 1 is 0.544 bits per heavy atom. The minimum Gasteiger partial charge on any atom is -0.394 e. The molecule has 0 aliphatic carbocycles. The second-order valence-electron chi connectivity index (χ2n) is 18.3. The number of carbonyl (C=O) groups is 1. The van der Waals surface area contributed by atoms with E-state index in [9.17, 15) is 55.9 Å². The number of nitrogens with zero attached hydrogens (tertiary/aromatic N) is 1. The molecule has 68 heavy (non-hydrogen) atoms. The molecule has 12 fully saturated rings. The fourth-order valence-corrected chi connectivity index (χ4v) is 11.5. The standard InChI is InChI=1S/C44H75N3O19S2/c1-22(10-14-67-18-29-25-8-4-6-12-59-41-37(57)33(53)39(27(16-48)61-41)65-43(63-29)35(55)31(25)51)45-20-47(24(3)50)21-46-23(2)11-15-68-19-30-26-9-5-7-13-60-42-38(58)34(54)40(28(17-49)62-42)66-44(64-30)36(56)32(26)52/h25-46,48-49,51-58H,1-2,4-21H2,3H3. The fraction of sp³-hybridized carbons (Fsp3) is 0.886. The second kappa shape index (κ2) is 27.0. The van der Waals surface area contributed by atoms with E-state index in [0.717, 1.165) is 0 Å².